The fraction of sp³-hybridized carbons (Fsp3) is 0.0566. The highest BCUT2D eigenvalue weighted by Gasteiger charge is 2.36. The predicted molar refractivity (Wildman–Crippen MR) is 235 cm³/mol. The minimum Gasteiger partial charge on any atom is -0.309 e. The fourth-order valence-corrected chi connectivity index (χ4v) is 9.68. The number of benzene rings is 9. The van der Waals surface area contributed by atoms with Gasteiger partial charge in [0.25, 0.3) is 0 Å². The molecule has 0 radical (unpaired) electrons. The Labute approximate surface area is 324 Å². The van der Waals surface area contributed by atoms with E-state index in [2.05, 4.69) is 188 Å². The van der Waals surface area contributed by atoms with Crippen molar-refractivity contribution in [3.63, 3.8) is 0 Å². The molecule has 0 saturated heterocycles. The highest BCUT2D eigenvalue weighted by Crippen LogP contribution is 2.51. The van der Waals surface area contributed by atoms with Gasteiger partial charge in [-0.05, 0) is 91.0 Å². The van der Waals surface area contributed by atoms with Crippen molar-refractivity contribution in [2.24, 2.45) is 0 Å². The van der Waals surface area contributed by atoms with Crippen LogP contribution in [0.4, 0.5) is 0 Å². The van der Waals surface area contributed by atoms with Crippen LogP contribution in [0.3, 0.4) is 0 Å². The first-order valence-corrected chi connectivity index (χ1v) is 19.4. The molecule has 0 saturated carbocycles. The summed E-state index contributed by atoms with van der Waals surface area (Å²) in [5, 5.41) is 11.4. The van der Waals surface area contributed by atoms with Crippen LogP contribution in [0, 0.1) is 0 Å². The molecule has 0 unspecified atom stereocenters. The van der Waals surface area contributed by atoms with E-state index in [9.17, 15) is 0 Å². The first-order chi connectivity index (χ1) is 27.5. The number of nitrogens with zero attached hydrogens (tertiary/aromatic N) is 3. The summed E-state index contributed by atoms with van der Waals surface area (Å²) in [5.74, 6) is 0.746. The second kappa shape index (κ2) is 11.5. The lowest BCUT2D eigenvalue weighted by Crippen LogP contribution is -2.15. The quantitative estimate of drug-likeness (QED) is 0.171. The van der Waals surface area contributed by atoms with Gasteiger partial charge in [-0.25, -0.2) is 9.97 Å². The van der Waals surface area contributed by atoms with Gasteiger partial charge in [-0.3, -0.25) is 0 Å². The zero-order valence-electron chi connectivity index (χ0n) is 31.1. The highest BCUT2D eigenvalue weighted by atomic mass is 15.0. The molecular formula is C53H35N3. The molecule has 0 spiro atoms. The maximum Gasteiger partial charge on any atom is 0.160 e. The molecule has 2 heterocycles. The Hall–Kier alpha value is -7.10. The van der Waals surface area contributed by atoms with Crippen LogP contribution in [-0.2, 0) is 5.41 Å². The molecule has 9 aromatic carbocycles. The highest BCUT2D eigenvalue weighted by molar-refractivity contribution is 6.29. The van der Waals surface area contributed by atoms with Crippen LogP contribution in [0.25, 0.3) is 104 Å². The monoisotopic (exact) mass is 713 g/mol. The van der Waals surface area contributed by atoms with Crippen LogP contribution in [-0.4, -0.2) is 14.5 Å². The van der Waals surface area contributed by atoms with Crippen molar-refractivity contribution in [1.82, 2.24) is 14.5 Å². The standard InChI is InChI=1S/C53H35N3/c1-53(2)44-30-35(52-54-46-18-10-8-16-42(46)51(55-52)34-13-4-3-5-14-34)23-25-38(44)39-27-24-36(31-45(39)53)56-47-19-11-9-17-43(47)50-41-26-22-33-21-20-32-12-6-7-15-37(32)49(33)40(41)28-29-48(50)56/h3-31H,1-2H3. The van der Waals surface area contributed by atoms with Gasteiger partial charge in [0.1, 0.15) is 0 Å². The number of rotatable bonds is 3. The molecule has 11 aromatic rings. The largest absolute Gasteiger partial charge is 0.309 e. The smallest absolute Gasteiger partial charge is 0.160 e. The third kappa shape index (κ3) is 4.34. The molecule has 262 valence electrons. The summed E-state index contributed by atoms with van der Waals surface area (Å²) in [7, 11) is 0. The van der Waals surface area contributed by atoms with Crippen LogP contribution in [0.2, 0.25) is 0 Å². The van der Waals surface area contributed by atoms with Gasteiger partial charge in [-0.1, -0.05) is 153 Å². The van der Waals surface area contributed by atoms with E-state index in [4.69, 9.17) is 9.97 Å². The minimum atomic E-state index is -0.235. The van der Waals surface area contributed by atoms with Crippen LogP contribution < -0.4 is 0 Å². The Bertz CT molecular complexity index is 3440. The molecule has 3 heteroatoms. The van der Waals surface area contributed by atoms with E-state index in [0.29, 0.717) is 0 Å². The van der Waals surface area contributed by atoms with Gasteiger partial charge in [0, 0.05) is 38.4 Å². The van der Waals surface area contributed by atoms with E-state index >= 15 is 0 Å². The van der Waals surface area contributed by atoms with Crippen LogP contribution in [0.1, 0.15) is 25.0 Å². The Kier molecular flexibility index (Phi) is 6.40. The Morgan fingerprint density at radius 1 is 0.429 bits per heavy atom. The zero-order chi connectivity index (χ0) is 37.1. The SMILES string of the molecule is CC1(C)c2cc(-c3nc(-c4ccccc4)c4ccccc4n3)ccc2-c2ccc(-n3c4ccccc4c4c5ccc6ccc7ccccc7c6c5ccc43)cc21. The van der Waals surface area contributed by atoms with Crippen molar-refractivity contribution < 1.29 is 0 Å². The van der Waals surface area contributed by atoms with E-state index in [1.165, 1.54) is 82.1 Å². The third-order valence-electron chi connectivity index (χ3n) is 12.4. The first-order valence-electron chi connectivity index (χ1n) is 19.4. The van der Waals surface area contributed by atoms with Gasteiger partial charge < -0.3 is 4.57 Å². The number of aromatic nitrogens is 3. The van der Waals surface area contributed by atoms with E-state index < -0.39 is 0 Å². The lowest BCUT2D eigenvalue weighted by atomic mass is 9.81. The van der Waals surface area contributed by atoms with E-state index in [0.717, 1.165) is 33.5 Å². The molecule has 1 aliphatic rings. The molecule has 0 amide bonds. The second-order valence-corrected chi connectivity index (χ2v) is 15.8. The summed E-state index contributed by atoms with van der Waals surface area (Å²) < 4.78 is 2.47. The summed E-state index contributed by atoms with van der Waals surface area (Å²) in [5.41, 5.74) is 12.6. The van der Waals surface area contributed by atoms with Crippen molar-refractivity contribution in [3.8, 4) is 39.5 Å². The van der Waals surface area contributed by atoms with Crippen molar-refractivity contribution in [3.05, 3.63) is 187 Å². The van der Waals surface area contributed by atoms with Gasteiger partial charge >= 0.3 is 0 Å². The fourth-order valence-electron chi connectivity index (χ4n) is 9.68. The molecule has 0 atom stereocenters. The summed E-state index contributed by atoms with van der Waals surface area (Å²) in [6, 6.07) is 64.1. The van der Waals surface area contributed by atoms with Crippen LogP contribution >= 0.6 is 0 Å². The maximum absolute atomic E-state index is 5.21. The van der Waals surface area contributed by atoms with Crippen molar-refractivity contribution in [2.75, 3.05) is 0 Å². The average Bonchev–Trinajstić information content (AvgIpc) is 3.71. The maximum atomic E-state index is 5.21. The summed E-state index contributed by atoms with van der Waals surface area (Å²) in [6.07, 6.45) is 0. The summed E-state index contributed by atoms with van der Waals surface area (Å²) in [6.45, 7) is 4.72. The van der Waals surface area contributed by atoms with Gasteiger partial charge in [0.15, 0.2) is 5.82 Å². The number of para-hydroxylation sites is 2. The molecule has 56 heavy (non-hydrogen) atoms. The number of hydrogen-bond donors (Lipinski definition) is 0. The average molecular weight is 714 g/mol. The zero-order valence-corrected chi connectivity index (χ0v) is 31.1. The first kappa shape index (κ1) is 31.3. The van der Waals surface area contributed by atoms with Crippen molar-refractivity contribution >= 4 is 65.0 Å². The summed E-state index contributed by atoms with van der Waals surface area (Å²) >= 11 is 0. The van der Waals surface area contributed by atoms with Gasteiger partial charge in [-0.2, -0.15) is 0 Å². The van der Waals surface area contributed by atoms with Gasteiger partial charge in [-0.15, -0.1) is 0 Å². The normalized spacial score (nSPS) is 13.3. The second-order valence-electron chi connectivity index (χ2n) is 15.8. The van der Waals surface area contributed by atoms with E-state index in [1.807, 2.05) is 6.07 Å². The Balaban J connectivity index is 1.02. The third-order valence-corrected chi connectivity index (χ3v) is 12.4. The molecule has 0 fully saturated rings. The summed E-state index contributed by atoms with van der Waals surface area (Å²) in [4.78, 5) is 10.3. The van der Waals surface area contributed by atoms with Crippen molar-refractivity contribution in [1.29, 1.82) is 0 Å². The lowest BCUT2D eigenvalue weighted by molar-refractivity contribution is 0.660. The van der Waals surface area contributed by atoms with E-state index in [1.54, 1.807) is 0 Å². The molecule has 2 aromatic heterocycles. The van der Waals surface area contributed by atoms with Crippen LogP contribution in [0.5, 0.6) is 0 Å². The molecule has 12 rings (SSSR count). The minimum absolute atomic E-state index is 0.235. The predicted octanol–water partition coefficient (Wildman–Crippen LogP) is 13.8. The molecule has 0 aliphatic heterocycles. The molecule has 1 aliphatic carbocycles. The molecule has 0 N–H and O–H groups in total. The molecule has 3 nitrogen and oxygen atoms in total. The van der Waals surface area contributed by atoms with Crippen LogP contribution in [0.15, 0.2) is 176 Å². The number of fused-ring (bicyclic) bond motifs is 13. The van der Waals surface area contributed by atoms with Gasteiger partial charge in [0.2, 0.25) is 0 Å². The Morgan fingerprint density at radius 3 is 1.96 bits per heavy atom. The van der Waals surface area contributed by atoms with E-state index in [-0.39, 0.29) is 5.41 Å². The van der Waals surface area contributed by atoms with Gasteiger partial charge in [0.05, 0.1) is 22.2 Å². The Morgan fingerprint density at radius 2 is 1.09 bits per heavy atom. The number of hydrogen-bond acceptors (Lipinski definition) is 2. The molecular weight excluding hydrogens is 679 g/mol. The lowest BCUT2D eigenvalue weighted by Gasteiger charge is -2.23. The molecule has 0 bridgehead atoms. The topological polar surface area (TPSA) is 30.7 Å². The van der Waals surface area contributed by atoms with Crippen molar-refractivity contribution in [2.45, 2.75) is 19.3 Å².